The van der Waals surface area contributed by atoms with Gasteiger partial charge < -0.3 is 10.1 Å². The highest BCUT2D eigenvalue weighted by atomic mass is 16.5. The SMILES string of the molecule is CNCCC(=O)OC1CCCCC1. The molecule has 0 unspecified atom stereocenters. The Morgan fingerprint density at radius 2 is 2.08 bits per heavy atom. The third-order valence-corrected chi connectivity index (χ3v) is 2.43. The molecule has 1 rings (SSSR count). The van der Waals surface area contributed by atoms with Crippen molar-refractivity contribution in [2.75, 3.05) is 13.6 Å². The molecule has 13 heavy (non-hydrogen) atoms. The van der Waals surface area contributed by atoms with E-state index in [1.54, 1.807) is 0 Å². The summed E-state index contributed by atoms with van der Waals surface area (Å²) in [6.07, 6.45) is 6.54. The van der Waals surface area contributed by atoms with Gasteiger partial charge >= 0.3 is 5.97 Å². The minimum atomic E-state index is -0.0544. The van der Waals surface area contributed by atoms with Crippen molar-refractivity contribution in [1.82, 2.24) is 5.32 Å². The van der Waals surface area contributed by atoms with Crippen LogP contribution in [0.5, 0.6) is 0 Å². The number of ether oxygens (including phenoxy) is 1. The summed E-state index contributed by atoms with van der Waals surface area (Å²) in [6.45, 7) is 0.714. The molecule has 0 aromatic heterocycles. The Balaban J connectivity index is 2.11. The lowest BCUT2D eigenvalue weighted by Crippen LogP contribution is -2.23. The van der Waals surface area contributed by atoms with Gasteiger partial charge in [0.1, 0.15) is 6.10 Å². The van der Waals surface area contributed by atoms with E-state index in [0.717, 1.165) is 12.8 Å². The first-order chi connectivity index (χ1) is 6.33. The molecule has 0 bridgehead atoms. The molecule has 0 radical (unpaired) electrons. The van der Waals surface area contributed by atoms with Crippen LogP contribution in [0.25, 0.3) is 0 Å². The second kappa shape index (κ2) is 5.97. The third kappa shape index (κ3) is 4.27. The van der Waals surface area contributed by atoms with Crippen LogP contribution >= 0.6 is 0 Å². The second-order valence-corrected chi connectivity index (χ2v) is 3.60. The Hall–Kier alpha value is -0.570. The van der Waals surface area contributed by atoms with Gasteiger partial charge in [0.25, 0.3) is 0 Å². The van der Waals surface area contributed by atoms with Crippen LogP contribution < -0.4 is 5.32 Å². The predicted octanol–water partition coefficient (Wildman–Crippen LogP) is 1.47. The number of carbonyl (C=O) groups is 1. The van der Waals surface area contributed by atoms with E-state index in [1.165, 1.54) is 19.3 Å². The third-order valence-electron chi connectivity index (χ3n) is 2.43. The summed E-state index contributed by atoms with van der Waals surface area (Å²) in [5.74, 6) is -0.0544. The van der Waals surface area contributed by atoms with Gasteiger partial charge in [0, 0.05) is 6.54 Å². The fraction of sp³-hybridized carbons (Fsp3) is 0.900. The maximum absolute atomic E-state index is 11.2. The van der Waals surface area contributed by atoms with Crippen LogP contribution in [-0.2, 0) is 9.53 Å². The molecule has 0 spiro atoms. The summed E-state index contributed by atoms with van der Waals surface area (Å²) in [6, 6.07) is 0. The van der Waals surface area contributed by atoms with Gasteiger partial charge in [-0.3, -0.25) is 4.79 Å². The Morgan fingerprint density at radius 3 is 2.69 bits per heavy atom. The van der Waals surface area contributed by atoms with Gasteiger partial charge in [-0.1, -0.05) is 6.42 Å². The summed E-state index contributed by atoms with van der Waals surface area (Å²) in [4.78, 5) is 11.2. The first-order valence-electron chi connectivity index (χ1n) is 5.17. The molecule has 0 aromatic carbocycles. The van der Waals surface area contributed by atoms with Crippen molar-refractivity contribution in [3.05, 3.63) is 0 Å². The van der Waals surface area contributed by atoms with Gasteiger partial charge in [-0.2, -0.15) is 0 Å². The van der Waals surface area contributed by atoms with E-state index < -0.39 is 0 Å². The van der Waals surface area contributed by atoms with E-state index in [2.05, 4.69) is 5.32 Å². The summed E-state index contributed by atoms with van der Waals surface area (Å²) in [5, 5.41) is 2.94. The first-order valence-corrected chi connectivity index (χ1v) is 5.17. The van der Waals surface area contributed by atoms with Crippen LogP contribution in [-0.4, -0.2) is 25.7 Å². The molecular weight excluding hydrogens is 166 g/mol. The quantitative estimate of drug-likeness (QED) is 0.674. The fourth-order valence-electron chi connectivity index (χ4n) is 1.65. The predicted molar refractivity (Wildman–Crippen MR) is 51.5 cm³/mol. The van der Waals surface area contributed by atoms with E-state index in [1.807, 2.05) is 7.05 Å². The molecule has 0 saturated heterocycles. The summed E-state index contributed by atoms with van der Waals surface area (Å²) in [7, 11) is 1.84. The van der Waals surface area contributed by atoms with E-state index in [9.17, 15) is 4.79 Å². The molecule has 1 N–H and O–H groups in total. The van der Waals surface area contributed by atoms with Gasteiger partial charge in [-0.05, 0) is 32.7 Å². The van der Waals surface area contributed by atoms with Gasteiger partial charge in [0.05, 0.1) is 6.42 Å². The van der Waals surface area contributed by atoms with Crippen LogP contribution in [0.15, 0.2) is 0 Å². The van der Waals surface area contributed by atoms with E-state index >= 15 is 0 Å². The van der Waals surface area contributed by atoms with Gasteiger partial charge in [0.2, 0.25) is 0 Å². The molecule has 1 fully saturated rings. The molecular formula is C10H19NO2. The molecule has 3 nitrogen and oxygen atoms in total. The van der Waals surface area contributed by atoms with Crippen molar-refractivity contribution >= 4 is 5.97 Å². The Kier molecular flexibility index (Phi) is 4.83. The summed E-state index contributed by atoms with van der Waals surface area (Å²) in [5.41, 5.74) is 0. The number of esters is 1. The number of hydrogen-bond donors (Lipinski definition) is 1. The van der Waals surface area contributed by atoms with E-state index in [0.29, 0.717) is 13.0 Å². The maximum Gasteiger partial charge on any atom is 0.307 e. The topological polar surface area (TPSA) is 38.3 Å². The highest BCUT2D eigenvalue weighted by Gasteiger charge is 2.16. The first kappa shape index (κ1) is 10.5. The van der Waals surface area contributed by atoms with E-state index in [4.69, 9.17) is 4.74 Å². The number of rotatable bonds is 4. The van der Waals surface area contributed by atoms with Gasteiger partial charge in [0.15, 0.2) is 0 Å². The highest BCUT2D eigenvalue weighted by molar-refractivity contribution is 5.69. The molecule has 0 atom stereocenters. The summed E-state index contributed by atoms with van der Waals surface area (Å²) >= 11 is 0. The minimum Gasteiger partial charge on any atom is -0.462 e. The Morgan fingerprint density at radius 1 is 1.38 bits per heavy atom. The van der Waals surface area contributed by atoms with Gasteiger partial charge in [-0.25, -0.2) is 0 Å². The van der Waals surface area contributed by atoms with Crippen molar-refractivity contribution in [1.29, 1.82) is 0 Å². The highest BCUT2D eigenvalue weighted by Crippen LogP contribution is 2.20. The molecule has 0 aromatic rings. The zero-order valence-corrected chi connectivity index (χ0v) is 8.34. The lowest BCUT2D eigenvalue weighted by atomic mass is 9.98. The zero-order chi connectivity index (χ0) is 9.52. The normalized spacial score (nSPS) is 18.5. The summed E-state index contributed by atoms with van der Waals surface area (Å²) < 4.78 is 5.31. The Labute approximate surface area is 79.8 Å². The average molecular weight is 185 g/mol. The number of hydrogen-bond acceptors (Lipinski definition) is 3. The lowest BCUT2D eigenvalue weighted by Gasteiger charge is -2.21. The molecule has 0 amide bonds. The second-order valence-electron chi connectivity index (χ2n) is 3.60. The van der Waals surface area contributed by atoms with Crippen LogP contribution in [0.3, 0.4) is 0 Å². The molecule has 76 valence electrons. The molecule has 1 aliphatic carbocycles. The van der Waals surface area contributed by atoms with Crippen molar-refractivity contribution in [3.8, 4) is 0 Å². The maximum atomic E-state index is 11.2. The van der Waals surface area contributed by atoms with Crippen LogP contribution in [0.2, 0.25) is 0 Å². The standard InChI is InChI=1S/C10H19NO2/c1-11-8-7-10(12)13-9-5-3-2-4-6-9/h9,11H,2-8H2,1H3. The van der Waals surface area contributed by atoms with Crippen LogP contribution in [0.4, 0.5) is 0 Å². The number of carbonyl (C=O) groups excluding carboxylic acids is 1. The molecule has 3 heteroatoms. The molecule has 0 heterocycles. The molecule has 1 aliphatic rings. The average Bonchev–Trinajstić information content (AvgIpc) is 2.16. The fourth-order valence-corrected chi connectivity index (χ4v) is 1.65. The zero-order valence-electron chi connectivity index (χ0n) is 8.34. The van der Waals surface area contributed by atoms with Crippen LogP contribution in [0, 0.1) is 0 Å². The van der Waals surface area contributed by atoms with Crippen LogP contribution in [0.1, 0.15) is 38.5 Å². The minimum absolute atomic E-state index is 0.0544. The monoisotopic (exact) mass is 185 g/mol. The van der Waals surface area contributed by atoms with Crippen molar-refractivity contribution < 1.29 is 9.53 Å². The van der Waals surface area contributed by atoms with Gasteiger partial charge in [-0.15, -0.1) is 0 Å². The van der Waals surface area contributed by atoms with Crippen molar-refractivity contribution in [3.63, 3.8) is 0 Å². The molecule has 0 aliphatic heterocycles. The Bertz CT molecular complexity index is 153. The number of nitrogens with one attached hydrogen (secondary N) is 1. The van der Waals surface area contributed by atoms with E-state index in [-0.39, 0.29) is 12.1 Å². The lowest BCUT2D eigenvalue weighted by molar-refractivity contribution is -0.150. The molecule has 1 saturated carbocycles. The van der Waals surface area contributed by atoms with Crippen molar-refractivity contribution in [2.24, 2.45) is 0 Å². The smallest absolute Gasteiger partial charge is 0.307 e. The van der Waals surface area contributed by atoms with Crippen molar-refractivity contribution in [2.45, 2.75) is 44.6 Å². The largest absolute Gasteiger partial charge is 0.462 e.